The third-order valence-corrected chi connectivity index (χ3v) is 3.64. The molecule has 0 saturated heterocycles. The quantitative estimate of drug-likeness (QED) is 0.473. The van der Waals surface area contributed by atoms with Gasteiger partial charge in [0.2, 0.25) is 0 Å². The van der Waals surface area contributed by atoms with Gasteiger partial charge in [0, 0.05) is 17.8 Å². The van der Waals surface area contributed by atoms with E-state index in [-0.39, 0.29) is 0 Å². The first-order valence-corrected chi connectivity index (χ1v) is 4.47. The summed E-state index contributed by atoms with van der Waals surface area (Å²) in [6.07, 6.45) is 3.42. The van der Waals surface area contributed by atoms with Gasteiger partial charge in [0.15, 0.2) is 0 Å². The number of rotatable bonds is 0. The minimum atomic E-state index is 0.566. The highest BCUT2D eigenvalue weighted by Gasteiger charge is 2.52. The molecule has 0 aromatic rings. The highest BCUT2D eigenvalue weighted by atomic mass is 14.6. The lowest BCUT2D eigenvalue weighted by atomic mass is 9.48. The average Bonchev–Trinajstić information content (AvgIpc) is 2.06. The maximum absolute atomic E-state index is 4.12. The molecule has 12 heavy (non-hydrogen) atoms. The van der Waals surface area contributed by atoms with Gasteiger partial charge in [-0.05, 0) is 12.0 Å². The fraction of sp³-hybridized carbons (Fsp3) is 0.333. The average molecular weight is 156 g/mol. The van der Waals surface area contributed by atoms with Gasteiger partial charge in [0.1, 0.15) is 0 Å². The molecule has 0 radical (unpaired) electrons. The van der Waals surface area contributed by atoms with Crippen LogP contribution in [-0.4, -0.2) is 0 Å². The van der Waals surface area contributed by atoms with Crippen molar-refractivity contribution in [2.75, 3.05) is 0 Å². The highest BCUT2D eigenvalue weighted by molar-refractivity contribution is 5.57. The Hall–Kier alpha value is -1.04. The molecule has 0 heterocycles. The predicted molar refractivity (Wildman–Crippen MR) is 50.6 cm³/mol. The van der Waals surface area contributed by atoms with E-state index in [2.05, 4.69) is 25.8 Å². The molecule has 2 bridgehead atoms. The Balaban J connectivity index is 2.09. The Kier molecular flexibility index (Phi) is 0.894. The highest BCUT2D eigenvalue weighted by Crippen LogP contribution is 2.62. The second-order valence-corrected chi connectivity index (χ2v) is 4.16. The van der Waals surface area contributed by atoms with Crippen molar-refractivity contribution in [3.05, 3.63) is 48.1 Å². The van der Waals surface area contributed by atoms with Gasteiger partial charge in [-0.1, -0.05) is 42.5 Å². The molecule has 0 N–H and O–H groups in total. The summed E-state index contributed by atoms with van der Waals surface area (Å²) in [7, 11) is 0. The largest absolute Gasteiger partial charge is 0.0986 e. The summed E-state index contributed by atoms with van der Waals surface area (Å²) in [6, 6.07) is 0. The van der Waals surface area contributed by atoms with Crippen molar-refractivity contribution in [1.82, 2.24) is 0 Å². The molecule has 0 aliphatic heterocycles. The Morgan fingerprint density at radius 3 is 2.25 bits per heavy atom. The zero-order valence-corrected chi connectivity index (χ0v) is 7.14. The molecule has 4 aliphatic rings. The fourth-order valence-corrected chi connectivity index (χ4v) is 2.91. The molecule has 0 amide bonds. The molecule has 1 atom stereocenters. The summed E-state index contributed by atoms with van der Waals surface area (Å²) in [6.45, 7) is 12.3. The van der Waals surface area contributed by atoms with E-state index < -0.39 is 0 Å². The Morgan fingerprint density at radius 1 is 1.08 bits per heavy atom. The second kappa shape index (κ2) is 1.66. The van der Waals surface area contributed by atoms with Gasteiger partial charge < -0.3 is 0 Å². The zero-order valence-electron chi connectivity index (χ0n) is 7.14. The van der Waals surface area contributed by atoms with Crippen molar-refractivity contribution in [2.24, 2.45) is 17.8 Å². The number of allylic oxidation sites excluding steroid dienone is 5. The van der Waals surface area contributed by atoms with Gasteiger partial charge in [-0.2, -0.15) is 0 Å². The van der Waals surface area contributed by atoms with Crippen molar-refractivity contribution in [1.29, 1.82) is 0 Å². The van der Waals surface area contributed by atoms with E-state index in [0.29, 0.717) is 17.8 Å². The summed E-state index contributed by atoms with van der Waals surface area (Å²) < 4.78 is 0. The molecule has 4 rings (SSSR count). The summed E-state index contributed by atoms with van der Waals surface area (Å²) in [5, 5.41) is 0. The molecule has 4 aliphatic carbocycles. The Bertz CT molecular complexity index is 338. The SMILES string of the molecule is C=C1C=C2CC3C(=C)C(C3=C)C12. The topological polar surface area (TPSA) is 0 Å². The summed E-state index contributed by atoms with van der Waals surface area (Å²) >= 11 is 0. The Labute approximate surface area is 73.0 Å². The van der Waals surface area contributed by atoms with E-state index in [4.69, 9.17) is 0 Å². The summed E-state index contributed by atoms with van der Waals surface area (Å²) in [4.78, 5) is 0. The molecule has 3 fully saturated rings. The first kappa shape index (κ1) is 6.47. The summed E-state index contributed by atoms with van der Waals surface area (Å²) in [5.41, 5.74) is 5.69. The van der Waals surface area contributed by atoms with Crippen LogP contribution >= 0.6 is 0 Å². The molecule has 1 unspecified atom stereocenters. The van der Waals surface area contributed by atoms with Gasteiger partial charge in [-0.15, -0.1) is 0 Å². The van der Waals surface area contributed by atoms with E-state index >= 15 is 0 Å². The van der Waals surface area contributed by atoms with Crippen LogP contribution in [-0.2, 0) is 0 Å². The molecular formula is C12H12. The maximum atomic E-state index is 4.12. The third-order valence-electron chi connectivity index (χ3n) is 3.64. The lowest BCUT2D eigenvalue weighted by Gasteiger charge is -2.56. The normalized spacial score (nSPS) is 42.8. The van der Waals surface area contributed by atoms with Crippen LogP contribution in [0.1, 0.15) is 6.42 Å². The van der Waals surface area contributed by atoms with Crippen LogP contribution < -0.4 is 0 Å². The lowest BCUT2D eigenvalue weighted by molar-refractivity contribution is 0.308. The lowest BCUT2D eigenvalue weighted by Crippen LogP contribution is -2.45. The zero-order chi connectivity index (χ0) is 8.46. The van der Waals surface area contributed by atoms with Gasteiger partial charge in [-0.25, -0.2) is 0 Å². The van der Waals surface area contributed by atoms with Crippen LogP contribution in [0.3, 0.4) is 0 Å². The van der Waals surface area contributed by atoms with E-state index in [9.17, 15) is 0 Å². The van der Waals surface area contributed by atoms with E-state index in [1.54, 1.807) is 5.57 Å². The van der Waals surface area contributed by atoms with E-state index in [1.165, 1.54) is 23.1 Å². The first-order chi connectivity index (χ1) is 5.70. The molecule has 60 valence electrons. The smallest absolute Gasteiger partial charge is 0.0149 e. The van der Waals surface area contributed by atoms with Crippen LogP contribution in [0, 0.1) is 17.8 Å². The van der Waals surface area contributed by atoms with Crippen molar-refractivity contribution >= 4 is 0 Å². The predicted octanol–water partition coefficient (Wildman–Crippen LogP) is 2.86. The van der Waals surface area contributed by atoms with Gasteiger partial charge >= 0.3 is 0 Å². The molecule has 0 nitrogen and oxygen atoms in total. The van der Waals surface area contributed by atoms with Crippen molar-refractivity contribution in [3.8, 4) is 0 Å². The molecule has 0 spiro atoms. The van der Waals surface area contributed by atoms with Crippen molar-refractivity contribution in [3.63, 3.8) is 0 Å². The minimum absolute atomic E-state index is 0.566. The van der Waals surface area contributed by atoms with Crippen molar-refractivity contribution in [2.45, 2.75) is 6.42 Å². The maximum Gasteiger partial charge on any atom is 0.0149 e. The van der Waals surface area contributed by atoms with Crippen LogP contribution in [0.2, 0.25) is 0 Å². The Morgan fingerprint density at radius 2 is 1.75 bits per heavy atom. The monoisotopic (exact) mass is 156 g/mol. The fourth-order valence-electron chi connectivity index (χ4n) is 2.91. The van der Waals surface area contributed by atoms with Gasteiger partial charge in [0.25, 0.3) is 0 Å². The van der Waals surface area contributed by atoms with Crippen LogP contribution in [0.5, 0.6) is 0 Å². The van der Waals surface area contributed by atoms with Gasteiger partial charge in [0.05, 0.1) is 0 Å². The van der Waals surface area contributed by atoms with Crippen LogP contribution in [0.15, 0.2) is 48.1 Å². The molecule has 0 aromatic carbocycles. The molecular weight excluding hydrogens is 144 g/mol. The van der Waals surface area contributed by atoms with Crippen LogP contribution in [0.25, 0.3) is 0 Å². The number of hydrogen-bond acceptors (Lipinski definition) is 0. The van der Waals surface area contributed by atoms with E-state index in [1.807, 2.05) is 0 Å². The van der Waals surface area contributed by atoms with Gasteiger partial charge in [-0.3, -0.25) is 0 Å². The number of hydrogen-bond donors (Lipinski definition) is 0. The molecule has 0 heteroatoms. The van der Waals surface area contributed by atoms with E-state index in [0.717, 1.165) is 0 Å². The summed E-state index contributed by atoms with van der Waals surface area (Å²) in [5.74, 6) is 1.79. The first-order valence-electron chi connectivity index (χ1n) is 4.47. The second-order valence-electron chi connectivity index (χ2n) is 4.16. The third kappa shape index (κ3) is 0.465. The molecule has 0 aromatic heterocycles. The minimum Gasteiger partial charge on any atom is -0.0986 e. The molecule has 3 saturated carbocycles. The van der Waals surface area contributed by atoms with Crippen molar-refractivity contribution < 1.29 is 0 Å². The van der Waals surface area contributed by atoms with Crippen LogP contribution in [0.4, 0.5) is 0 Å². The standard InChI is InChI=1S/C12H12/c1-6-4-9-5-10-7(2)12(8(10)3)11(6)9/h4,10-12H,1-3,5H2.